The maximum Gasteiger partial charge on any atom is 0.253 e. The van der Waals surface area contributed by atoms with Crippen LogP contribution in [0.4, 0.5) is 0 Å². The number of aromatic nitrogens is 2. The highest BCUT2D eigenvalue weighted by Gasteiger charge is 2.27. The smallest absolute Gasteiger partial charge is 0.253 e. The van der Waals surface area contributed by atoms with Crippen LogP contribution in [0.15, 0.2) is 48.8 Å². The SMILES string of the molecule is CN(C)C(=O)c1ccc2c(ccn2-c2ccc(OC3CCN(C4CCCCC4)CC3)cn2)c1. The van der Waals surface area contributed by atoms with Crippen LogP contribution in [0.3, 0.4) is 0 Å². The zero-order valence-corrected chi connectivity index (χ0v) is 19.7. The first-order valence-corrected chi connectivity index (χ1v) is 12.3. The van der Waals surface area contributed by atoms with Crippen molar-refractivity contribution in [1.82, 2.24) is 19.4 Å². The van der Waals surface area contributed by atoms with Gasteiger partial charge in [-0.3, -0.25) is 4.79 Å². The van der Waals surface area contributed by atoms with E-state index in [1.807, 2.05) is 53.4 Å². The van der Waals surface area contributed by atoms with Gasteiger partial charge in [-0.25, -0.2) is 4.98 Å². The standard InChI is InChI=1S/C27H34N4O2/c1-29(2)27(32)21-8-10-25-20(18-21)12-17-31(25)26-11-9-24(19-28-26)33-23-13-15-30(16-14-23)22-6-4-3-5-7-22/h8-12,17-19,22-23H,3-7,13-16H2,1-2H3. The van der Waals surface area contributed by atoms with Crippen LogP contribution in [-0.4, -0.2) is 64.6 Å². The normalized spacial score (nSPS) is 18.5. The Kier molecular flexibility index (Phi) is 6.36. The van der Waals surface area contributed by atoms with Crippen LogP contribution in [0, 0.1) is 0 Å². The van der Waals surface area contributed by atoms with Gasteiger partial charge in [0.1, 0.15) is 17.7 Å². The lowest BCUT2D eigenvalue weighted by Gasteiger charge is -2.39. The van der Waals surface area contributed by atoms with Crippen molar-refractivity contribution in [1.29, 1.82) is 0 Å². The molecule has 1 aliphatic heterocycles. The molecule has 174 valence electrons. The summed E-state index contributed by atoms with van der Waals surface area (Å²) in [6, 6.07) is 12.6. The van der Waals surface area contributed by atoms with Crippen molar-refractivity contribution in [3.8, 4) is 11.6 Å². The molecule has 0 unspecified atom stereocenters. The fraction of sp³-hybridized carbons (Fsp3) is 0.481. The third-order valence-corrected chi connectivity index (χ3v) is 7.18. The maximum absolute atomic E-state index is 12.3. The molecule has 0 N–H and O–H groups in total. The van der Waals surface area contributed by atoms with Crippen molar-refractivity contribution >= 4 is 16.8 Å². The summed E-state index contributed by atoms with van der Waals surface area (Å²) in [6.45, 7) is 2.29. The molecule has 0 radical (unpaired) electrons. The third-order valence-electron chi connectivity index (χ3n) is 7.18. The van der Waals surface area contributed by atoms with E-state index in [0.717, 1.165) is 54.4 Å². The number of fused-ring (bicyclic) bond motifs is 1. The fourth-order valence-corrected chi connectivity index (χ4v) is 5.32. The average Bonchev–Trinajstić information content (AvgIpc) is 3.28. The number of rotatable bonds is 5. The molecule has 0 spiro atoms. The summed E-state index contributed by atoms with van der Waals surface area (Å²) in [6.07, 6.45) is 13.2. The second-order valence-electron chi connectivity index (χ2n) is 9.66. The van der Waals surface area contributed by atoms with Crippen LogP contribution in [0.2, 0.25) is 0 Å². The summed E-state index contributed by atoms with van der Waals surface area (Å²) in [5.74, 6) is 1.69. The molecular formula is C27H34N4O2. The first-order chi connectivity index (χ1) is 16.1. The molecule has 6 heteroatoms. The lowest BCUT2D eigenvalue weighted by molar-refractivity contribution is 0.0629. The molecule has 5 rings (SSSR count). The summed E-state index contributed by atoms with van der Waals surface area (Å²) in [5, 5.41) is 1.02. The minimum atomic E-state index is 0.00820. The lowest BCUT2D eigenvalue weighted by atomic mass is 9.92. The van der Waals surface area contributed by atoms with Gasteiger partial charge in [-0.1, -0.05) is 19.3 Å². The average molecular weight is 447 g/mol. The summed E-state index contributed by atoms with van der Waals surface area (Å²) in [7, 11) is 3.54. The van der Waals surface area contributed by atoms with Gasteiger partial charge in [-0.2, -0.15) is 0 Å². The van der Waals surface area contributed by atoms with Crippen LogP contribution < -0.4 is 4.74 Å². The second-order valence-corrected chi connectivity index (χ2v) is 9.66. The van der Waals surface area contributed by atoms with E-state index in [2.05, 4.69) is 9.88 Å². The van der Waals surface area contributed by atoms with Gasteiger partial charge >= 0.3 is 0 Å². The molecule has 3 aromatic rings. The first kappa shape index (κ1) is 22.0. The Balaban J connectivity index is 1.22. The quantitative estimate of drug-likeness (QED) is 0.559. The van der Waals surface area contributed by atoms with Gasteiger partial charge in [0.25, 0.3) is 5.91 Å². The molecule has 1 saturated heterocycles. The van der Waals surface area contributed by atoms with Crippen molar-refractivity contribution < 1.29 is 9.53 Å². The van der Waals surface area contributed by atoms with Gasteiger partial charge < -0.3 is 19.1 Å². The second kappa shape index (κ2) is 9.56. The van der Waals surface area contributed by atoms with E-state index in [1.165, 1.54) is 32.1 Å². The number of hydrogen-bond donors (Lipinski definition) is 0. The van der Waals surface area contributed by atoms with Crippen LogP contribution in [0.1, 0.15) is 55.3 Å². The number of amides is 1. The molecule has 0 atom stereocenters. The zero-order valence-electron chi connectivity index (χ0n) is 19.7. The summed E-state index contributed by atoms with van der Waals surface area (Å²) < 4.78 is 8.32. The predicted octanol–water partition coefficient (Wildman–Crippen LogP) is 4.90. The van der Waals surface area contributed by atoms with E-state index in [1.54, 1.807) is 19.0 Å². The van der Waals surface area contributed by atoms with E-state index >= 15 is 0 Å². The van der Waals surface area contributed by atoms with Crippen LogP contribution in [-0.2, 0) is 0 Å². The maximum atomic E-state index is 12.3. The number of hydrogen-bond acceptors (Lipinski definition) is 4. The Morgan fingerprint density at radius 1 is 1.00 bits per heavy atom. The molecule has 1 amide bonds. The van der Waals surface area contributed by atoms with Crippen molar-refractivity contribution in [2.45, 2.75) is 57.1 Å². The Hall–Kier alpha value is -2.86. The van der Waals surface area contributed by atoms with E-state index < -0.39 is 0 Å². The molecule has 0 bridgehead atoms. The summed E-state index contributed by atoms with van der Waals surface area (Å²) in [5.41, 5.74) is 1.72. The number of ether oxygens (including phenoxy) is 1. The highest BCUT2D eigenvalue weighted by molar-refractivity contribution is 5.98. The van der Waals surface area contributed by atoms with Gasteiger partial charge in [0.2, 0.25) is 0 Å². The van der Waals surface area contributed by atoms with Crippen molar-refractivity contribution in [2.75, 3.05) is 27.2 Å². The number of nitrogens with zero attached hydrogens (tertiary/aromatic N) is 4. The molecule has 3 heterocycles. The van der Waals surface area contributed by atoms with E-state index in [0.29, 0.717) is 5.56 Å². The molecule has 1 aromatic carbocycles. The van der Waals surface area contributed by atoms with Gasteiger partial charge in [0.15, 0.2) is 0 Å². The van der Waals surface area contributed by atoms with Gasteiger partial charge in [0, 0.05) is 50.4 Å². The Labute approximate surface area is 196 Å². The van der Waals surface area contributed by atoms with Crippen LogP contribution in [0.5, 0.6) is 5.75 Å². The van der Waals surface area contributed by atoms with E-state index in [4.69, 9.17) is 4.74 Å². The highest BCUT2D eigenvalue weighted by atomic mass is 16.5. The summed E-state index contributed by atoms with van der Waals surface area (Å²) >= 11 is 0. The Morgan fingerprint density at radius 3 is 2.48 bits per heavy atom. The monoisotopic (exact) mass is 446 g/mol. The Bertz CT molecular complexity index is 1090. The van der Waals surface area contributed by atoms with Crippen molar-refractivity contribution in [3.05, 3.63) is 54.4 Å². The minimum Gasteiger partial charge on any atom is -0.489 e. The van der Waals surface area contributed by atoms with Crippen molar-refractivity contribution in [2.24, 2.45) is 0 Å². The molecule has 1 aliphatic carbocycles. The van der Waals surface area contributed by atoms with Gasteiger partial charge in [0.05, 0.1) is 11.7 Å². The number of piperidine rings is 1. The molecule has 2 aliphatic rings. The lowest BCUT2D eigenvalue weighted by Crippen LogP contribution is -2.44. The molecular weight excluding hydrogens is 412 g/mol. The minimum absolute atomic E-state index is 0.00820. The van der Waals surface area contributed by atoms with E-state index in [-0.39, 0.29) is 12.0 Å². The molecule has 1 saturated carbocycles. The van der Waals surface area contributed by atoms with Gasteiger partial charge in [-0.05, 0) is 62.1 Å². The topological polar surface area (TPSA) is 50.6 Å². The van der Waals surface area contributed by atoms with E-state index in [9.17, 15) is 4.79 Å². The first-order valence-electron chi connectivity index (χ1n) is 12.3. The third kappa shape index (κ3) is 4.76. The number of likely N-dealkylation sites (tertiary alicyclic amines) is 1. The fourth-order valence-electron chi connectivity index (χ4n) is 5.32. The molecule has 2 fully saturated rings. The highest BCUT2D eigenvalue weighted by Crippen LogP contribution is 2.27. The molecule has 6 nitrogen and oxygen atoms in total. The van der Waals surface area contributed by atoms with Crippen molar-refractivity contribution in [3.63, 3.8) is 0 Å². The van der Waals surface area contributed by atoms with Crippen LogP contribution >= 0.6 is 0 Å². The van der Waals surface area contributed by atoms with Gasteiger partial charge in [-0.15, -0.1) is 0 Å². The number of pyridine rings is 1. The zero-order chi connectivity index (χ0) is 22.8. The number of carbonyl (C=O) groups is 1. The number of benzene rings is 1. The molecule has 2 aromatic heterocycles. The number of carbonyl (C=O) groups excluding carboxylic acids is 1. The Morgan fingerprint density at radius 2 is 1.79 bits per heavy atom. The summed E-state index contributed by atoms with van der Waals surface area (Å²) in [4.78, 5) is 21.2. The largest absolute Gasteiger partial charge is 0.489 e. The molecule has 33 heavy (non-hydrogen) atoms. The van der Waals surface area contributed by atoms with Crippen LogP contribution in [0.25, 0.3) is 16.7 Å². The predicted molar refractivity (Wildman–Crippen MR) is 131 cm³/mol.